The van der Waals surface area contributed by atoms with E-state index in [2.05, 4.69) is 0 Å². The van der Waals surface area contributed by atoms with E-state index < -0.39 is 42.1 Å². The summed E-state index contributed by atoms with van der Waals surface area (Å²) >= 11 is -8.03. The average molecular weight is 380 g/mol. The van der Waals surface area contributed by atoms with Crippen LogP contribution >= 0.6 is 0 Å². The van der Waals surface area contributed by atoms with Gasteiger partial charge in [-0.05, 0) is 0 Å². The van der Waals surface area contributed by atoms with Crippen molar-refractivity contribution in [3.05, 3.63) is 0 Å². The van der Waals surface area contributed by atoms with Crippen LogP contribution in [0.15, 0.2) is 0 Å². The normalized spacial score (nSPS) is 7.20. The molecule has 0 rings (SSSR count). The van der Waals surface area contributed by atoms with Crippen LogP contribution in [0.4, 0.5) is 0 Å². The standard InChI is InChI=1S/2IO3.Li.Na/c2*2-1(3)4;;/q2*-1;2*+1. The van der Waals surface area contributed by atoms with Crippen LogP contribution in [0, 0.1) is 0 Å². The molecule has 0 saturated carbocycles. The van der Waals surface area contributed by atoms with Gasteiger partial charge in [-0.15, -0.1) is 0 Å². The third kappa shape index (κ3) is 131. The van der Waals surface area contributed by atoms with Crippen LogP contribution in [0.5, 0.6) is 0 Å². The van der Waals surface area contributed by atoms with Crippen LogP contribution in [0.3, 0.4) is 0 Å². The maximum atomic E-state index is 8.57. The van der Waals surface area contributed by atoms with E-state index >= 15 is 0 Å². The number of hydrogen-bond acceptors (Lipinski definition) is 6. The molecule has 6 nitrogen and oxygen atoms in total. The first-order valence-corrected chi connectivity index (χ1v) is 6.21. The van der Waals surface area contributed by atoms with Gasteiger partial charge in [0.25, 0.3) is 42.1 Å². The van der Waals surface area contributed by atoms with E-state index in [1.165, 1.54) is 0 Å². The smallest absolute Gasteiger partial charge is 0.427 e. The molecule has 0 aromatic heterocycles. The van der Waals surface area contributed by atoms with Crippen molar-refractivity contribution in [3.8, 4) is 0 Å². The third-order valence-corrected chi connectivity index (χ3v) is 0. The zero-order chi connectivity index (χ0) is 7.15. The molecule has 0 fully saturated rings. The summed E-state index contributed by atoms with van der Waals surface area (Å²) in [7, 11) is 0. The van der Waals surface area contributed by atoms with Crippen LogP contribution in [0.2, 0.25) is 0 Å². The fourth-order valence-corrected chi connectivity index (χ4v) is 0. The molecule has 0 unspecified atom stereocenters. The minimum atomic E-state index is -4.01. The Balaban J connectivity index is -0.0000000300. The van der Waals surface area contributed by atoms with Gasteiger partial charge in [0.1, 0.15) is 0 Å². The van der Waals surface area contributed by atoms with Gasteiger partial charge < -0.3 is 20.6 Å². The molecule has 0 radical (unpaired) electrons. The molecule has 0 amide bonds. The Hall–Kier alpha value is 2.82. The molecule has 0 aliphatic rings. The minimum Gasteiger partial charge on any atom is -0.427 e. The predicted molar refractivity (Wildman–Crippen MR) is 0 cm³/mol. The summed E-state index contributed by atoms with van der Waals surface area (Å²) in [6.07, 6.45) is 0. The SMILES string of the molecule is [Li+].[Na+].[O-][I+2]([O-])[O-].[O-][I+2]([O-])[O-]. The largest absolute Gasteiger partial charge is 1.00 e. The van der Waals surface area contributed by atoms with E-state index in [4.69, 9.17) is 20.6 Å². The second kappa shape index (κ2) is 17.8. The molecule has 0 N–H and O–H groups in total. The number of hydrogen-bond donors (Lipinski definition) is 0. The van der Waals surface area contributed by atoms with E-state index in [1.54, 1.807) is 0 Å². The summed E-state index contributed by atoms with van der Waals surface area (Å²) in [6.45, 7) is 0. The van der Waals surface area contributed by atoms with Crippen LogP contribution in [0.1, 0.15) is 0 Å². The molecule has 0 spiro atoms. The van der Waals surface area contributed by atoms with Crippen molar-refractivity contribution in [2.24, 2.45) is 0 Å². The first-order chi connectivity index (χ1) is 3.46. The molecule has 0 aromatic carbocycles. The zero-order valence-corrected chi connectivity index (χ0v) is 11.5. The molecule has 0 saturated heterocycles. The fourth-order valence-electron chi connectivity index (χ4n) is 0. The molecule has 0 bridgehead atoms. The molecule has 0 aliphatic heterocycles. The van der Waals surface area contributed by atoms with E-state index in [-0.39, 0.29) is 48.4 Å². The molecular formula is I2LiNaO6. The molecule has 52 valence electrons. The van der Waals surface area contributed by atoms with Gasteiger partial charge in [0, 0.05) is 0 Å². The Morgan fingerprint density at radius 2 is 0.600 bits per heavy atom. The van der Waals surface area contributed by atoms with E-state index in [1.807, 2.05) is 0 Å². The van der Waals surface area contributed by atoms with Crippen LogP contribution in [-0.4, -0.2) is 0 Å². The molecule has 0 aromatic rings. The maximum absolute atomic E-state index is 8.57. The quantitative estimate of drug-likeness (QED) is 0.302. The summed E-state index contributed by atoms with van der Waals surface area (Å²) in [4.78, 5) is 0. The Bertz CT molecular complexity index is 31.2. The van der Waals surface area contributed by atoms with Crippen molar-refractivity contribution >= 4 is 0 Å². The van der Waals surface area contributed by atoms with E-state index in [0.717, 1.165) is 0 Å². The van der Waals surface area contributed by atoms with E-state index in [9.17, 15) is 0 Å². The van der Waals surface area contributed by atoms with Crippen molar-refractivity contribution in [2.75, 3.05) is 0 Å². The van der Waals surface area contributed by atoms with Gasteiger partial charge in [-0.2, -0.15) is 0 Å². The second-order valence-electron chi connectivity index (χ2n) is 0.378. The molecule has 10 heteroatoms. The average Bonchev–Trinajstić information content (AvgIpc) is 1.25. The van der Waals surface area contributed by atoms with Gasteiger partial charge in [-0.25, -0.2) is 0 Å². The van der Waals surface area contributed by atoms with Gasteiger partial charge in [0.15, 0.2) is 0 Å². The Kier molecular flexibility index (Phi) is 40.9. The van der Waals surface area contributed by atoms with Gasteiger partial charge in [-0.1, -0.05) is 0 Å². The van der Waals surface area contributed by atoms with Crippen molar-refractivity contribution in [1.29, 1.82) is 0 Å². The second-order valence-corrected chi connectivity index (χ2v) is 2.54. The Labute approximate surface area is 109 Å². The topological polar surface area (TPSA) is 138 Å². The molecule has 0 atom stereocenters. The molecule has 0 aliphatic carbocycles. The Morgan fingerprint density at radius 1 is 0.600 bits per heavy atom. The summed E-state index contributed by atoms with van der Waals surface area (Å²) in [5, 5.41) is 0. The van der Waals surface area contributed by atoms with Crippen molar-refractivity contribution < 1.29 is 111 Å². The van der Waals surface area contributed by atoms with Gasteiger partial charge in [-0.3, -0.25) is 0 Å². The fraction of sp³-hybridized carbons (Fsp3) is 0. The summed E-state index contributed by atoms with van der Waals surface area (Å²) in [6, 6.07) is 0. The molecule has 10 heavy (non-hydrogen) atoms. The third-order valence-electron chi connectivity index (χ3n) is 0. The number of halogens is 2. The Morgan fingerprint density at radius 3 is 0.600 bits per heavy atom. The summed E-state index contributed by atoms with van der Waals surface area (Å²) in [5.74, 6) is 0. The summed E-state index contributed by atoms with van der Waals surface area (Å²) < 4.78 is 51.4. The van der Waals surface area contributed by atoms with E-state index in [0.29, 0.717) is 0 Å². The molecular weight excluding hydrogens is 380 g/mol. The summed E-state index contributed by atoms with van der Waals surface area (Å²) in [5.41, 5.74) is 0. The van der Waals surface area contributed by atoms with Gasteiger partial charge in [0.05, 0.1) is 0 Å². The zero-order valence-electron chi connectivity index (χ0n) is 5.21. The minimum absolute atomic E-state index is 0. The van der Waals surface area contributed by atoms with Crippen molar-refractivity contribution in [2.45, 2.75) is 0 Å². The maximum Gasteiger partial charge on any atom is 1.00 e. The predicted octanol–water partition coefficient (Wildman–Crippen LogP) is -19.1. The number of rotatable bonds is 0. The van der Waals surface area contributed by atoms with Gasteiger partial charge >= 0.3 is 48.4 Å². The first kappa shape index (κ1) is 23.0. The van der Waals surface area contributed by atoms with Crippen molar-refractivity contribution in [1.82, 2.24) is 0 Å². The monoisotopic (exact) mass is 380 g/mol. The van der Waals surface area contributed by atoms with Crippen molar-refractivity contribution in [3.63, 3.8) is 0 Å². The van der Waals surface area contributed by atoms with Gasteiger partial charge in [0.2, 0.25) is 0 Å². The van der Waals surface area contributed by atoms with Crippen LogP contribution in [0.25, 0.3) is 0 Å². The van der Waals surface area contributed by atoms with Crippen LogP contribution < -0.4 is 111 Å². The molecule has 0 heterocycles. The first-order valence-electron chi connectivity index (χ1n) is 0.926. The van der Waals surface area contributed by atoms with Crippen LogP contribution in [-0.2, 0) is 0 Å².